The molecule has 0 heterocycles. The van der Waals surface area contributed by atoms with Gasteiger partial charge in [0.25, 0.3) is 0 Å². The highest BCUT2D eigenvalue weighted by molar-refractivity contribution is 6.33. The molecular formula is C15H15ClN2O2. The first-order chi connectivity index (χ1) is 9.60. The quantitative estimate of drug-likeness (QED) is 0.888. The second-order valence-electron chi connectivity index (χ2n) is 4.29. The predicted octanol–water partition coefficient (Wildman–Crippen LogP) is 2.73. The van der Waals surface area contributed by atoms with Gasteiger partial charge in [-0.25, -0.2) is 0 Å². The molecule has 5 heteroatoms. The molecule has 20 heavy (non-hydrogen) atoms. The molecule has 4 N–H and O–H groups in total. The largest absolute Gasteiger partial charge is 0.457 e. The summed E-state index contributed by atoms with van der Waals surface area (Å²) in [6.45, 7) is 0.615. The number of hydrogen-bond donors (Lipinski definition) is 2. The minimum absolute atomic E-state index is 0.273. The van der Waals surface area contributed by atoms with E-state index in [0.29, 0.717) is 18.0 Å². The summed E-state index contributed by atoms with van der Waals surface area (Å²) >= 11 is 5.96. The average Bonchev–Trinajstić information content (AvgIpc) is 2.41. The molecule has 104 valence electrons. The summed E-state index contributed by atoms with van der Waals surface area (Å²) in [5.74, 6) is 0.674. The van der Waals surface area contributed by atoms with Crippen LogP contribution in [0.5, 0.6) is 11.5 Å². The maximum Gasteiger partial charge on any atom is 0.250 e. The van der Waals surface area contributed by atoms with Gasteiger partial charge in [0.15, 0.2) is 0 Å². The third kappa shape index (κ3) is 3.50. The van der Waals surface area contributed by atoms with Crippen LogP contribution < -0.4 is 16.2 Å². The third-order valence-electron chi connectivity index (χ3n) is 2.80. The molecule has 0 saturated carbocycles. The third-order valence-corrected chi connectivity index (χ3v) is 3.11. The van der Waals surface area contributed by atoms with E-state index in [9.17, 15) is 4.79 Å². The Hall–Kier alpha value is -2.04. The number of ether oxygens (including phenoxy) is 1. The molecule has 0 aliphatic rings. The van der Waals surface area contributed by atoms with Gasteiger partial charge in [-0.3, -0.25) is 4.79 Å². The van der Waals surface area contributed by atoms with Gasteiger partial charge in [-0.15, -0.1) is 0 Å². The fourth-order valence-electron chi connectivity index (χ4n) is 1.79. The molecule has 0 aliphatic carbocycles. The van der Waals surface area contributed by atoms with Gasteiger partial charge in [-0.1, -0.05) is 23.7 Å². The van der Waals surface area contributed by atoms with E-state index >= 15 is 0 Å². The Morgan fingerprint density at radius 1 is 1.10 bits per heavy atom. The van der Waals surface area contributed by atoms with Gasteiger partial charge in [0.2, 0.25) is 5.91 Å². The first-order valence-corrected chi connectivity index (χ1v) is 6.54. The molecule has 2 aromatic carbocycles. The Bertz CT molecular complexity index is 612. The van der Waals surface area contributed by atoms with Crippen molar-refractivity contribution in [2.24, 2.45) is 11.5 Å². The van der Waals surface area contributed by atoms with Crippen LogP contribution in [0.3, 0.4) is 0 Å². The Kier molecular flexibility index (Phi) is 4.61. The highest BCUT2D eigenvalue weighted by Crippen LogP contribution is 2.26. The van der Waals surface area contributed by atoms with E-state index in [1.807, 2.05) is 24.3 Å². The molecule has 0 atom stereocenters. The van der Waals surface area contributed by atoms with E-state index in [4.69, 9.17) is 27.8 Å². The van der Waals surface area contributed by atoms with Gasteiger partial charge in [0.05, 0.1) is 10.6 Å². The molecule has 2 aromatic rings. The SMILES string of the molecule is NCCc1ccc(Oc2ccc(C(N)=O)c(Cl)c2)cc1. The van der Waals surface area contributed by atoms with Crippen molar-refractivity contribution in [2.75, 3.05) is 6.54 Å². The zero-order valence-corrected chi connectivity index (χ0v) is 11.6. The monoisotopic (exact) mass is 290 g/mol. The Morgan fingerprint density at radius 2 is 1.75 bits per heavy atom. The minimum Gasteiger partial charge on any atom is -0.457 e. The summed E-state index contributed by atoms with van der Waals surface area (Å²) < 4.78 is 5.66. The Morgan fingerprint density at radius 3 is 2.30 bits per heavy atom. The van der Waals surface area contributed by atoms with E-state index in [1.165, 1.54) is 0 Å². The van der Waals surface area contributed by atoms with E-state index in [1.54, 1.807) is 18.2 Å². The highest BCUT2D eigenvalue weighted by Gasteiger charge is 2.08. The first-order valence-electron chi connectivity index (χ1n) is 6.16. The van der Waals surface area contributed by atoms with Crippen molar-refractivity contribution in [1.82, 2.24) is 0 Å². The molecule has 0 aliphatic heterocycles. The zero-order chi connectivity index (χ0) is 14.5. The van der Waals surface area contributed by atoms with Gasteiger partial charge in [0.1, 0.15) is 11.5 Å². The summed E-state index contributed by atoms with van der Waals surface area (Å²) in [6, 6.07) is 12.4. The summed E-state index contributed by atoms with van der Waals surface area (Å²) in [6.07, 6.45) is 0.833. The van der Waals surface area contributed by atoms with Crippen LogP contribution >= 0.6 is 11.6 Å². The maximum atomic E-state index is 11.1. The summed E-state index contributed by atoms with van der Waals surface area (Å²) in [5.41, 5.74) is 12.1. The number of primary amides is 1. The maximum absolute atomic E-state index is 11.1. The molecule has 0 unspecified atom stereocenters. The predicted molar refractivity (Wildman–Crippen MR) is 79.2 cm³/mol. The van der Waals surface area contributed by atoms with Crippen LogP contribution in [-0.4, -0.2) is 12.5 Å². The van der Waals surface area contributed by atoms with Crippen LogP contribution in [0.1, 0.15) is 15.9 Å². The van der Waals surface area contributed by atoms with E-state index < -0.39 is 5.91 Å². The minimum atomic E-state index is -0.562. The van der Waals surface area contributed by atoms with Gasteiger partial charge in [-0.05, 0) is 42.8 Å². The summed E-state index contributed by atoms with van der Waals surface area (Å²) in [5, 5.41) is 0.273. The molecule has 0 bridgehead atoms. The molecule has 2 rings (SSSR count). The summed E-state index contributed by atoms with van der Waals surface area (Å²) in [7, 11) is 0. The van der Waals surface area contributed by atoms with Crippen molar-refractivity contribution in [2.45, 2.75) is 6.42 Å². The van der Waals surface area contributed by atoms with Gasteiger partial charge < -0.3 is 16.2 Å². The topological polar surface area (TPSA) is 78.3 Å². The number of hydrogen-bond acceptors (Lipinski definition) is 3. The highest BCUT2D eigenvalue weighted by atomic mass is 35.5. The van der Waals surface area contributed by atoms with Gasteiger partial charge >= 0.3 is 0 Å². The first kappa shape index (κ1) is 14.4. The van der Waals surface area contributed by atoms with Gasteiger partial charge in [0, 0.05) is 6.07 Å². The van der Waals surface area contributed by atoms with Crippen molar-refractivity contribution in [3.63, 3.8) is 0 Å². The molecular weight excluding hydrogens is 276 g/mol. The molecule has 0 radical (unpaired) electrons. The van der Waals surface area contributed by atoms with Crippen molar-refractivity contribution >= 4 is 17.5 Å². The number of carbonyl (C=O) groups is 1. The fourth-order valence-corrected chi connectivity index (χ4v) is 2.05. The Labute approximate surface area is 122 Å². The molecule has 0 spiro atoms. The van der Waals surface area contributed by atoms with Crippen molar-refractivity contribution in [3.8, 4) is 11.5 Å². The molecule has 4 nitrogen and oxygen atoms in total. The van der Waals surface area contributed by atoms with Gasteiger partial charge in [-0.2, -0.15) is 0 Å². The fraction of sp³-hybridized carbons (Fsp3) is 0.133. The Balaban J connectivity index is 2.13. The standard InChI is InChI=1S/C15H15ClN2O2/c16-14-9-12(5-6-13(14)15(18)19)20-11-3-1-10(2-4-11)7-8-17/h1-6,9H,7-8,17H2,(H2,18,19). The molecule has 0 saturated heterocycles. The lowest BCUT2D eigenvalue weighted by Gasteiger charge is -2.08. The van der Waals surface area contributed by atoms with E-state index in [-0.39, 0.29) is 10.6 Å². The van der Waals surface area contributed by atoms with Crippen LogP contribution in [0.15, 0.2) is 42.5 Å². The zero-order valence-electron chi connectivity index (χ0n) is 10.8. The number of rotatable bonds is 5. The average molecular weight is 291 g/mol. The van der Waals surface area contributed by atoms with Crippen molar-refractivity contribution < 1.29 is 9.53 Å². The number of amides is 1. The number of halogens is 1. The molecule has 0 aromatic heterocycles. The van der Waals surface area contributed by atoms with Crippen LogP contribution in [-0.2, 0) is 6.42 Å². The van der Waals surface area contributed by atoms with E-state index in [2.05, 4.69) is 0 Å². The normalized spacial score (nSPS) is 10.3. The van der Waals surface area contributed by atoms with Crippen LogP contribution in [0.2, 0.25) is 5.02 Å². The smallest absolute Gasteiger partial charge is 0.250 e. The van der Waals surface area contributed by atoms with Crippen LogP contribution in [0.4, 0.5) is 0 Å². The van der Waals surface area contributed by atoms with E-state index in [0.717, 1.165) is 12.0 Å². The van der Waals surface area contributed by atoms with Crippen molar-refractivity contribution in [3.05, 3.63) is 58.6 Å². The lowest BCUT2D eigenvalue weighted by Crippen LogP contribution is -2.11. The molecule has 1 amide bonds. The van der Waals surface area contributed by atoms with Crippen LogP contribution in [0.25, 0.3) is 0 Å². The number of nitrogens with two attached hydrogens (primary N) is 2. The number of carbonyl (C=O) groups excluding carboxylic acids is 1. The lowest BCUT2D eigenvalue weighted by atomic mass is 10.1. The lowest BCUT2D eigenvalue weighted by molar-refractivity contribution is 0.100. The molecule has 0 fully saturated rings. The summed E-state index contributed by atoms with van der Waals surface area (Å²) in [4.78, 5) is 11.1. The second kappa shape index (κ2) is 6.41. The van der Waals surface area contributed by atoms with Crippen molar-refractivity contribution in [1.29, 1.82) is 0 Å². The number of benzene rings is 2. The van der Waals surface area contributed by atoms with Crippen LogP contribution in [0, 0.1) is 0 Å². The second-order valence-corrected chi connectivity index (χ2v) is 4.70.